The Kier molecular flexibility index (Phi) is 8.51. The SMILES string of the molecule is CCCCCCCC(=O)/C=C/[C@@H]1C2CC(=O)OC2C[C@H]1OC(=O)c1ccc(-c2ccccc2)cc1. The highest BCUT2D eigenvalue weighted by atomic mass is 16.6. The second kappa shape index (κ2) is 12.0. The summed E-state index contributed by atoms with van der Waals surface area (Å²) in [7, 11) is 0. The molecule has 4 rings (SSSR count). The molecule has 35 heavy (non-hydrogen) atoms. The molecule has 0 N–H and O–H groups in total. The van der Waals surface area contributed by atoms with E-state index in [0.29, 0.717) is 24.8 Å². The minimum Gasteiger partial charge on any atom is -0.462 e. The molecule has 5 heteroatoms. The molecule has 0 bridgehead atoms. The molecule has 0 amide bonds. The molecule has 1 saturated heterocycles. The fraction of sp³-hybridized carbons (Fsp3) is 0.433. The van der Waals surface area contributed by atoms with Crippen LogP contribution in [0.1, 0.15) is 68.6 Å². The van der Waals surface area contributed by atoms with E-state index >= 15 is 0 Å². The van der Waals surface area contributed by atoms with Crippen molar-refractivity contribution in [2.45, 2.75) is 70.5 Å². The minimum atomic E-state index is -0.423. The van der Waals surface area contributed by atoms with Crippen LogP contribution in [0.4, 0.5) is 0 Å². The van der Waals surface area contributed by atoms with Gasteiger partial charge in [0.15, 0.2) is 5.78 Å². The quantitative estimate of drug-likeness (QED) is 0.217. The first-order valence-electron chi connectivity index (χ1n) is 12.8. The molecule has 184 valence electrons. The summed E-state index contributed by atoms with van der Waals surface area (Å²) in [6, 6.07) is 17.3. The number of carbonyl (C=O) groups excluding carboxylic acids is 3. The molecule has 1 heterocycles. The largest absolute Gasteiger partial charge is 0.462 e. The van der Waals surface area contributed by atoms with Crippen molar-refractivity contribution in [3.63, 3.8) is 0 Å². The van der Waals surface area contributed by atoms with Gasteiger partial charge in [-0.1, -0.05) is 81.1 Å². The maximum atomic E-state index is 12.9. The molecule has 5 nitrogen and oxygen atoms in total. The molecule has 0 aromatic heterocycles. The molecule has 1 saturated carbocycles. The number of hydrogen-bond donors (Lipinski definition) is 0. The van der Waals surface area contributed by atoms with Crippen molar-refractivity contribution in [1.29, 1.82) is 0 Å². The number of rotatable bonds is 11. The standard InChI is InChI=1S/C30H34O5/c1-2-3-4-5-9-12-24(31)17-18-25-26-19-29(32)34-28(26)20-27(25)35-30(33)23-15-13-22(14-16-23)21-10-7-6-8-11-21/h6-8,10-11,13-18,25-28H,2-5,9,12,19-20H2,1H3/b18-17+/t25-,26?,27-,28?/m1/s1. The van der Waals surface area contributed by atoms with Crippen LogP contribution >= 0.6 is 0 Å². The number of hydrogen-bond acceptors (Lipinski definition) is 5. The topological polar surface area (TPSA) is 69.7 Å². The summed E-state index contributed by atoms with van der Waals surface area (Å²) in [6.45, 7) is 2.17. The van der Waals surface area contributed by atoms with E-state index in [1.807, 2.05) is 48.5 Å². The van der Waals surface area contributed by atoms with Crippen molar-refractivity contribution in [3.05, 3.63) is 72.3 Å². The van der Waals surface area contributed by atoms with Gasteiger partial charge < -0.3 is 9.47 Å². The smallest absolute Gasteiger partial charge is 0.338 e. The molecule has 2 fully saturated rings. The Labute approximate surface area is 207 Å². The van der Waals surface area contributed by atoms with Crippen LogP contribution in [0.5, 0.6) is 0 Å². The number of esters is 2. The Morgan fingerprint density at radius 3 is 2.43 bits per heavy atom. The van der Waals surface area contributed by atoms with Crippen LogP contribution in [0, 0.1) is 11.8 Å². The Morgan fingerprint density at radius 1 is 0.971 bits per heavy atom. The second-order valence-electron chi connectivity index (χ2n) is 9.59. The van der Waals surface area contributed by atoms with Crippen LogP contribution in [0.15, 0.2) is 66.7 Å². The van der Waals surface area contributed by atoms with E-state index in [9.17, 15) is 14.4 Å². The average Bonchev–Trinajstić information content (AvgIpc) is 3.38. The van der Waals surface area contributed by atoms with Crippen molar-refractivity contribution in [2.75, 3.05) is 0 Å². The number of carbonyl (C=O) groups is 3. The van der Waals surface area contributed by atoms with Crippen LogP contribution in [0.3, 0.4) is 0 Å². The van der Waals surface area contributed by atoms with Crippen molar-refractivity contribution >= 4 is 17.7 Å². The summed E-state index contributed by atoms with van der Waals surface area (Å²) < 4.78 is 11.4. The van der Waals surface area contributed by atoms with Crippen molar-refractivity contribution in [2.24, 2.45) is 11.8 Å². The van der Waals surface area contributed by atoms with Gasteiger partial charge in [-0.25, -0.2) is 4.79 Å². The number of fused-ring (bicyclic) bond motifs is 1. The Morgan fingerprint density at radius 2 is 1.69 bits per heavy atom. The molecule has 4 atom stereocenters. The molecule has 2 unspecified atom stereocenters. The number of ether oxygens (including phenoxy) is 2. The normalized spacial score (nSPS) is 23.3. The average molecular weight is 475 g/mol. The third-order valence-corrected chi connectivity index (χ3v) is 7.07. The summed E-state index contributed by atoms with van der Waals surface area (Å²) in [5.74, 6) is -0.808. The van der Waals surface area contributed by atoms with E-state index in [0.717, 1.165) is 30.4 Å². The molecule has 1 aliphatic carbocycles. The summed E-state index contributed by atoms with van der Waals surface area (Å²) in [6.07, 6.45) is 9.54. The van der Waals surface area contributed by atoms with E-state index in [2.05, 4.69) is 6.92 Å². The van der Waals surface area contributed by atoms with Crippen LogP contribution < -0.4 is 0 Å². The lowest BCUT2D eigenvalue weighted by atomic mass is 9.91. The van der Waals surface area contributed by atoms with Crippen molar-refractivity contribution in [1.82, 2.24) is 0 Å². The number of ketones is 1. The van der Waals surface area contributed by atoms with Crippen molar-refractivity contribution in [3.8, 4) is 11.1 Å². The number of benzene rings is 2. The highest BCUT2D eigenvalue weighted by Gasteiger charge is 2.50. The Hall–Kier alpha value is -3.21. The molecule has 2 aromatic carbocycles. The molecule has 1 aliphatic heterocycles. The van der Waals surface area contributed by atoms with E-state index in [1.165, 1.54) is 12.8 Å². The predicted molar refractivity (Wildman–Crippen MR) is 135 cm³/mol. The highest BCUT2D eigenvalue weighted by molar-refractivity contribution is 5.91. The summed E-state index contributed by atoms with van der Waals surface area (Å²) in [5.41, 5.74) is 2.58. The Balaban J connectivity index is 1.38. The van der Waals surface area contributed by atoms with Gasteiger partial charge in [-0.15, -0.1) is 0 Å². The van der Waals surface area contributed by atoms with Crippen LogP contribution in [0.2, 0.25) is 0 Å². The lowest BCUT2D eigenvalue weighted by molar-refractivity contribution is -0.141. The van der Waals surface area contributed by atoms with E-state index in [-0.39, 0.29) is 29.7 Å². The fourth-order valence-electron chi connectivity index (χ4n) is 5.13. The lowest BCUT2D eigenvalue weighted by Crippen LogP contribution is -2.25. The zero-order valence-electron chi connectivity index (χ0n) is 20.4. The molecule has 0 spiro atoms. The van der Waals surface area contributed by atoms with E-state index < -0.39 is 12.1 Å². The van der Waals surface area contributed by atoms with Gasteiger partial charge in [0.25, 0.3) is 0 Å². The van der Waals surface area contributed by atoms with E-state index in [4.69, 9.17) is 9.47 Å². The molecule has 2 aromatic rings. The summed E-state index contributed by atoms with van der Waals surface area (Å²) in [5, 5.41) is 0. The zero-order valence-corrected chi connectivity index (χ0v) is 20.4. The van der Waals surface area contributed by atoms with Crippen LogP contribution in [-0.4, -0.2) is 29.9 Å². The van der Waals surface area contributed by atoms with Crippen LogP contribution in [-0.2, 0) is 19.1 Å². The van der Waals surface area contributed by atoms with Gasteiger partial charge in [0, 0.05) is 24.7 Å². The van der Waals surface area contributed by atoms with E-state index in [1.54, 1.807) is 18.2 Å². The first-order chi connectivity index (χ1) is 17.0. The predicted octanol–water partition coefficient (Wildman–Crippen LogP) is 6.32. The van der Waals surface area contributed by atoms with Crippen molar-refractivity contribution < 1.29 is 23.9 Å². The first kappa shape index (κ1) is 24.9. The molecular weight excluding hydrogens is 440 g/mol. The first-order valence-corrected chi connectivity index (χ1v) is 12.8. The monoisotopic (exact) mass is 474 g/mol. The zero-order chi connectivity index (χ0) is 24.6. The van der Waals surface area contributed by atoms with Gasteiger partial charge in [0.1, 0.15) is 12.2 Å². The van der Waals surface area contributed by atoms with Gasteiger partial charge in [-0.3, -0.25) is 9.59 Å². The van der Waals surface area contributed by atoms with Gasteiger partial charge >= 0.3 is 11.9 Å². The maximum Gasteiger partial charge on any atom is 0.338 e. The van der Waals surface area contributed by atoms with Gasteiger partial charge in [0.2, 0.25) is 0 Å². The van der Waals surface area contributed by atoms with Gasteiger partial charge in [0.05, 0.1) is 12.0 Å². The maximum absolute atomic E-state index is 12.9. The van der Waals surface area contributed by atoms with Gasteiger partial charge in [-0.05, 0) is 35.8 Å². The highest BCUT2D eigenvalue weighted by Crippen LogP contribution is 2.43. The Bertz CT molecular complexity index is 1040. The second-order valence-corrected chi connectivity index (χ2v) is 9.59. The minimum absolute atomic E-state index is 0.0608. The number of unbranched alkanes of at least 4 members (excludes halogenated alkanes) is 4. The third-order valence-electron chi connectivity index (χ3n) is 7.07. The van der Waals surface area contributed by atoms with Gasteiger partial charge in [-0.2, -0.15) is 0 Å². The summed E-state index contributed by atoms with van der Waals surface area (Å²) >= 11 is 0. The molecule has 0 radical (unpaired) electrons. The molecule has 2 aliphatic rings. The molecular formula is C30H34O5. The summed E-state index contributed by atoms with van der Waals surface area (Å²) in [4.78, 5) is 37.2. The fourth-order valence-corrected chi connectivity index (χ4v) is 5.13. The van der Waals surface area contributed by atoms with Crippen LogP contribution in [0.25, 0.3) is 11.1 Å². The number of allylic oxidation sites excluding steroid dienone is 1. The lowest BCUT2D eigenvalue weighted by Gasteiger charge is -2.20. The third kappa shape index (κ3) is 6.47.